The highest BCUT2D eigenvalue weighted by molar-refractivity contribution is 8.13. The van der Waals surface area contributed by atoms with Crippen LogP contribution in [0, 0.1) is 0 Å². The highest BCUT2D eigenvalue weighted by Crippen LogP contribution is 2.28. The Morgan fingerprint density at radius 1 is 1.24 bits per heavy atom. The van der Waals surface area contributed by atoms with Crippen LogP contribution in [-0.4, -0.2) is 53.3 Å². The third kappa shape index (κ3) is 6.52. The van der Waals surface area contributed by atoms with Gasteiger partial charge in [-0.2, -0.15) is 0 Å². The molecule has 29 heavy (non-hydrogen) atoms. The van der Waals surface area contributed by atoms with E-state index >= 15 is 0 Å². The summed E-state index contributed by atoms with van der Waals surface area (Å²) in [5.41, 5.74) is 1.80. The van der Waals surface area contributed by atoms with E-state index in [0.717, 1.165) is 29.1 Å². The summed E-state index contributed by atoms with van der Waals surface area (Å²) >= 11 is 2.83. The standard InChI is InChI=1S/C20H23N5O2S2/c1-25(12-17(26)23-19(28-2)21-14-8-4-3-5-9-14)13-18(27)24-20-22-15-10-6-7-11-16(15)29-20/h3-5,7-9,11H,6,10,12-13H2,1-2H3,(H,21,23,26)(H,22,24,27). The van der Waals surface area contributed by atoms with Crippen LogP contribution in [0.5, 0.6) is 0 Å². The fourth-order valence-electron chi connectivity index (χ4n) is 2.74. The first-order chi connectivity index (χ1) is 14.0. The molecule has 0 bridgehead atoms. The molecule has 1 aliphatic carbocycles. The van der Waals surface area contributed by atoms with Crippen molar-refractivity contribution in [2.24, 2.45) is 4.99 Å². The molecule has 9 heteroatoms. The number of likely N-dealkylation sites (N-methyl/N-ethyl adjacent to an activating group) is 1. The minimum absolute atomic E-state index is 0.0822. The fraction of sp³-hybridized carbons (Fsp3) is 0.300. The molecule has 7 nitrogen and oxygen atoms in total. The molecule has 0 fully saturated rings. The third-order valence-electron chi connectivity index (χ3n) is 4.04. The minimum atomic E-state index is -0.223. The average Bonchev–Trinajstić information content (AvgIpc) is 3.09. The van der Waals surface area contributed by atoms with Crippen molar-refractivity contribution in [1.82, 2.24) is 15.2 Å². The monoisotopic (exact) mass is 429 g/mol. The largest absolute Gasteiger partial charge is 0.304 e. The first-order valence-electron chi connectivity index (χ1n) is 9.15. The van der Waals surface area contributed by atoms with E-state index < -0.39 is 0 Å². The SMILES string of the molecule is CSC(=Nc1ccccc1)NC(=O)CN(C)CC(=O)Nc1nc2c(s1)C=CCC2. The number of aliphatic imine (C=N–C) groups is 1. The Morgan fingerprint density at radius 3 is 2.72 bits per heavy atom. The molecule has 2 N–H and O–H groups in total. The summed E-state index contributed by atoms with van der Waals surface area (Å²) in [7, 11) is 1.72. The molecule has 0 unspecified atom stereocenters. The second kappa shape index (κ2) is 10.3. The molecule has 1 aliphatic rings. The Hall–Kier alpha value is -2.49. The van der Waals surface area contributed by atoms with Gasteiger partial charge in [-0.15, -0.1) is 0 Å². The number of aromatic nitrogens is 1. The van der Waals surface area contributed by atoms with Gasteiger partial charge in [-0.25, -0.2) is 9.98 Å². The first kappa shape index (κ1) is 21.2. The number of hydrogen-bond donors (Lipinski definition) is 2. The highest BCUT2D eigenvalue weighted by atomic mass is 32.2. The van der Waals surface area contributed by atoms with Crippen LogP contribution in [0.3, 0.4) is 0 Å². The minimum Gasteiger partial charge on any atom is -0.304 e. The number of nitrogens with one attached hydrogen (secondary N) is 2. The van der Waals surface area contributed by atoms with Crippen LogP contribution in [-0.2, 0) is 16.0 Å². The van der Waals surface area contributed by atoms with Gasteiger partial charge in [-0.05, 0) is 44.4 Å². The van der Waals surface area contributed by atoms with Crippen LogP contribution in [0.4, 0.5) is 10.8 Å². The van der Waals surface area contributed by atoms with Crippen molar-refractivity contribution >= 4 is 57.0 Å². The average molecular weight is 430 g/mol. The van der Waals surface area contributed by atoms with Gasteiger partial charge in [0.05, 0.1) is 29.3 Å². The number of aryl methyl sites for hydroxylation is 1. The molecule has 0 saturated heterocycles. The van der Waals surface area contributed by atoms with Gasteiger partial charge < -0.3 is 10.6 Å². The van der Waals surface area contributed by atoms with Gasteiger partial charge >= 0.3 is 0 Å². The Morgan fingerprint density at radius 2 is 2.00 bits per heavy atom. The Labute approximate surface area is 178 Å². The summed E-state index contributed by atoms with van der Waals surface area (Å²) in [5.74, 6) is -0.419. The van der Waals surface area contributed by atoms with Gasteiger partial charge in [0.15, 0.2) is 10.3 Å². The third-order valence-corrected chi connectivity index (χ3v) is 5.60. The number of hydrogen-bond acceptors (Lipinski definition) is 7. The maximum Gasteiger partial charge on any atom is 0.240 e. The maximum atomic E-state index is 12.3. The van der Waals surface area contributed by atoms with Crippen molar-refractivity contribution in [3.8, 4) is 0 Å². The molecule has 0 radical (unpaired) electrons. The lowest BCUT2D eigenvalue weighted by Gasteiger charge is -2.15. The number of rotatable bonds is 6. The number of amides is 2. The Balaban J connectivity index is 1.47. The lowest BCUT2D eigenvalue weighted by atomic mass is 10.1. The van der Waals surface area contributed by atoms with E-state index in [0.29, 0.717) is 10.3 Å². The number of amidine groups is 1. The van der Waals surface area contributed by atoms with Crippen LogP contribution < -0.4 is 10.6 Å². The smallest absolute Gasteiger partial charge is 0.240 e. The lowest BCUT2D eigenvalue weighted by Crippen LogP contribution is -2.40. The van der Waals surface area contributed by atoms with Gasteiger partial charge in [-0.3, -0.25) is 14.5 Å². The van der Waals surface area contributed by atoms with Gasteiger partial charge in [0.1, 0.15) is 0 Å². The molecular weight excluding hydrogens is 406 g/mol. The number of thiazole rings is 1. The maximum absolute atomic E-state index is 12.3. The summed E-state index contributed by atoms with van der Waals surface area (Å²) in [6.07, 6.45) is 7.89. The quantitative estimate of drug-likeness (QED) is 0.544. The molecular formula is C20H23N5O2S2. The summed E-state index contributed by atoms with van der Waals surface area (Å²) in [6, 6.07) is 9.42. The number of anilines is 1. The lowest BCUT2D eigenvalue weighted by molar-refractivity contribution is -0.121. The van der Waals surface area contributed by atoms with Crippen molar-refractivity contribution < 1.29 is 9.59 Å². The number of fused-ring (bicyclic) bond motifs is 1. The summed E-state index contributed by atoms with van der Waals surface area (Å²) in [6.45, 7) is 0.177. The van der Waals surface area contributed by atoms with Crippen molar-refractivity contribution in [3.05, 3.63) is 47.0 Å². The van der Waals surface area contributed by atoms with E-state index in [1.807, 2.05) is 42.7 Å². The number of carbonyl (C=O) groups is 2. The molecule has 0 aliphatic heterocycles. The van der Waals surface area contributed by atoms with Crippen molar-refractivity contribution in [2.45, 2.75) is 12.8 Å². The van der Waals surface area contributed by atoms with Crippen LogP contribution in [0.25, 0.3) is 6.08 Å². The van der Waals surface area contributed by atoms with Gasteiger partial charge in [0, 0.05) is 0 Å². The molecule has 152 valence electrons. The van der Waals surface area contributed by atoms with E-state index in [9.17, 15) is 9.59 Å². The zero-order chi connectivity index (χ0) is 20.6. The summed E-state index contributed by atoms with van der Waals surface area (Å²) < 4.78 is 0. The van der Waals surface area contributed by atoms with Crippen molar-refractivity contribution in [2.75, 3.05) is 31.7 Å². The number of allylic oxidation sites excluding steroid dienone is 1. The van der Waals surface area contributed by atoms with E-state index in [-0.39, 0.29) is 24.9 Å². The molecule has 1 heterocycles. The van der Waals surface area contributed by atoms with Crippen LogP contribution in [0.1, 0.15) is 17.0 Å². The second-order valence-corrected chi connectivity index (χ2v) is 8.32. The summed E-state index contributed by atoms with van der Waals surface area (Å²) in [4.78, 5) is 36.2. The van der Waals surface area contributed by atoms with Crippen LogP contribution in [0.15, 0.2) is 41.4 Å². The Bertz CT molecular complexity index is 924. The zero-order valence-electron chi connectivity index (χ0n) is 16.3. The molecule has 2 amide bonds. The van der Waals surface area contributed by atoms with Gasteiger partial charge in [0.25, 0.3) is 0 Å². The van der Waals surface area contributed by atoms with E-state index in [1.165, 1.54) is 23.1 Å². The molecule has 0 atom stereocenters. The van der Waals surface area contributed by atoms with E-state index in [1.54, 1.807) is 11.9 Å². The molecule has 3 rings (SSSR count). The predicted molar refractivity (Wildman–Crippen MR) is 121 cm³/mol. The van der Waals surface area contributed by atoms with Gasteiger partial charge in [-0.1, -0.05) is 47.4 Å². The number of thioether (sulfide) groups is 1. The molecule has 0 spiro atoms. The predicted octanol–water partition coefficient (Wildman–Crippen LogP) is 3.14. The number of carbonyl (C=O) groups excluding carboxylic acids is 2. The van der Waals surface area contributed by atoms with Crippen molar-refractivity contribution in [1.29, 1.82) is 0 Å². The normalized spacial score (nSPS) is 13.3. The van der Waals surface area contributed by atoms with Gasteiger partial charge in [0.2, 0.25) is 11.8 Å². The Kier molecular flexibility index (Phi) is 7.56. The van der Waals surface area contributed by atoms with E-state index in [2.05, 4.69) is 26.7 Å². The molecule has 0 saturated carbocycles. The molecule has 1 aromatic heterocycles. The summed E-state index contributed by atoms with van der Waals surface area (Å²) in [5, 5.41) is 6.72. The first-order valence-corrected chi connectivity index (χ1v) is 11.2. The van der Waals surface area contributed by atoms with Crippen molar-refractivity contribution in [3.63, 3.8) is 0 Å². The molecule has 2 aromatic rings. The fourth-order valence-corrected chi connectivity index (χ4v) is 4.12. The topological polar surface area (TPSA) is 86.7 Å². The van der Waals surface area contributed by atoms with Crippen LogP contribution >= 0.6 is 23.1 Å². The molecule has 1 aromatic carbocycles. The number of para-hydroxylation sites is 1. The number of nitrogens with zero attached hydrogens (tertiary/aromatic N) is 3. The van der Waals surface area contributed by atoms with E-state index in [4.69, 9.17) is 0 Å². The van der Waals surface area contributed by atoms with Crippen LogP contribution in [0.2, 0.25) is 0 Å². The second-order valence-electron chi connectivity index (χ2n) is 6.50. The number of benzene rings is 1. The zero-order valence-corrected chi connectivity index (χ0v) is 18.0. The highest BCUT2D eigenvalue weighted by Gasteiger charge is 2.16.